The molecule has 7 nitrogen and oxygen atoms in total. The van der Waals surface area contributed by atoms with Gasteiger partial charge in [0, 0.05) is 43.0 Å². The first kappa shape index (κ1) is 19.3. The molecule has 7 heteroatoms. The van der Waals surface area contributed by atoms with Crippen LogP contribution in [0.3, 0.4) is 0 Å². The monoisotopic (exact) mass is 370 g/mol. The molecule has 1 aliphatic carbocycles. The van der Waals surface area contributed by atoms with E-state index in [4.69, 9.17) is 10.5 Å². The van der Waals surface area contributed by atoms with Gasteiger partial charge in [-0.1, -0.05) is 18.2 Å². The Kier molecular flexibility index (Phi) is 5.74. The lowest BCUT2D eigenvalue weighted by Crippen LogP contribution is -2.34. The Morgan fingerprint density at radius 2 is 2.04 bits per heavy atom. The van der Waals surface area contributed by atoms with Crippen molar-refractivity contribution in [2.24, 2.45) is 15.7 Å². The molecular formula is C20H26N4O3. The molecule has 2 aromatic rings. The highest BCUT2D eigenvalue weighted by molar-refractivity contribution is 6.02. The molecule has 0 amide bonds. The Labute approximate surface area is 158 Å². The van der Waals surface area contributed by atoms with Gasteiger partial charge in [-0.15, -0.1) is 0 Å². The zero-order valence-corrected chi connectivity index (χ0v) is 15.6. The van der Waals surface area contributed by atoms with Crippen LogP contribution < -0.4 is 10.5 Å². The largest absolute Gasteiger partial charge is 0.487 e. The van der Waals surface area contributed by atoms with Gasteiger partial charge in [-0.05, 0) is 25.8 Å². The van der Waals surface area contributed by atoms with Crippen LogP contribution in [0.15, 0.2) is 46.5 Å². The molecule has 0 aliphatic heterocycles. The Hall–Kier alpha value is -2.48. The van der Waals surface area contributed by atoms with Crippen molar-refractivity contribution in [1.29, 1.82) is 0 Å². The van der Waals surface area contributed by atoms with E-state index in [0.29, 0.717) is 24.5 Å². The molecule has 0 bridgehead atoms. The average Bonchev–Trinajstić information content (AvgIpc) is 3.24. The number of hydrogen-bond donors (Lipinski definition) is 3. The van der Waals surface area contributed by atoms with E-state index in [1.165, 1.54) is 0 Å². The summed E-state index contributed by atoms with van der Waals surface area (Å²) in [6.45, 7) is 5.88. The molecule has 0 spiro atoms. The minimum absolute atomic E-state index is 0.339. The third-order valence-corrected chi connectivity index (χ3v) is 5.19. The van der Waals surface area contributed by atoms with Crippen LogP contribution in [0.25, 0.3) is 0 Å². The van der Waals surface area contributed by atoms with Crippen molar-refractivity contribution < 1.29 is 14.9 Å². The van der Waals surface area contributed by atoms with E-state index in [2.05, 4.69) is 16.7 Å². The molecule has 27 heavy (non-hydrogen) atoms. The summed E-state index contributed by atoms with van der Waals surface area (Å²) >= 11 is 0. The van der Waals surface area contributed by atoms with Crippen molar-refractivity contribution in [3.8, 4) is 5.75 Å². The Bertz CT molecular complexity index is 846. The second-order valence-corrected chi connectivity index (χ2v) is 6.68. The van der Waals surface area contributed by atoms with Crippen LogP contribution in [-0.2, 0) is 6.54 Å². The highest BCUT2D eigenvalue weighted by Gasteiger charge is 2.44. The van der Waals surface area contributed by atoms with Gasteiger partial charge in [0.15, 0.2) is 0 Å². The first-order valence-corrected chi connectivity index (χ1v) is 8.93. The van der Waals surface area contributed by atoms with Gasteiger partial charge in [-0.25, -0.2) is 4.99 Å². The predicted molar refractivity (Wildman–Crippen MR) is 106 cm³/mol. The van der Waals surface area contributed by atoms with Crippen molar-refractivity contribution in [3.63, 3.8) is 0 Å². The fraction of sp³-hybridized carbons (Fsp3) is 0.400. The minimum atomic E-state index is -1.02. The molecule has 1 aromatic carbocycles. The number of nitrogens with two attached hydrogens (primary N) is 1. The fourth-order valence-corrected chi connectivity index (χ4v) is 3.59. The van der Waals surface area contributed by atoms with Crippen LogP contribution in [-0.4, -0.2) is 52.6 Å². The van der Waals surface area contributed by atoms with Crippen molar-refractivity contribution in [2.45, 2.75) is 44.2 Å². The number of aliphatic hydroxyl groups excluding tert-OH is 2. The van der Waals surface area contributed by atoms with E-state index >= 15 is 0 Å². The number of benzene rings is 1. The van der Waals surface area contributed by atoms with Gasteiger partial charge in [0.25, 0.3) is 0 Å². The standard InChI is InChI=1S/C20H26N4O3/c1-12(22-2)14-8-9-24(20(14)23-3)15-10-17(19(26)18(15)25)27-16-7-5-4-6-13(16)11-21/h4-9,15,17-19,25-26H,3,10-11,21H2,1-2H3/b22-12-/t15-,17+,18+,19-/m0/s1. The van der Waals surface area contributed by atoms with Crippen LogP contribution in [0.2, 0.25) is 0 Å². The average molecular weight is 370 g/mol. The summed E-state index contributed by atoms with van der Waals surface area (Å²) in [5.74, 6) is 1.25. The maximum absolute atomic E-state index is 10.6. The number of para-hydroxylation sites is 1. The van der Waals surface area contributed by atoms with Gasteiger partial charge >= 0.3 is 0 Å². The molecule has 1 heterocycles. The van der Waals surface area contributed by atoms with E-state index in [9.17, 15) is 10.2 Å². The summed E-state index contributed by atoms with van der Waals surface area (Å²) in [7, 11) is 1.71. The highest BCUT2D eigenvalue weighted by atomic mass is 16.5. The van der Waals surface area contributed by atoms with Gasteiger partial charge in [-0.2, -0.15) is 0 Å². The molecule has 1 aliphatic rings. The number of nitrogens with zero attached hydrogens (tertiary/aromatic N) is 3. The summed E-state index contributed by atoms with van der Waals surface area (Å²) in [5, 5.41) is 21.2. The normalized spacial score (nSPS) is 25.6. The SMILES string of the molecule is C=Nc1c(/C(C)=N\C)ccn1[C@H]1C[C@@H](Oc2ccccc2CN)[C@H](O)[C@@H]1O. The topological polar surface area (TPSA) is 105 Å². The zero-order chi connectivity index (χ0) is 19.6. The van der Waals surface area contributed by atoms with Crippen molar-refractivity contribution in [3.05, 3.63) is 47.7 Å². The first-order valence-electron chi connectivity index (χ1n) is 8.93. The number of aliphatic imine (C=N–C) groups is 2. The molecule has 144 valence electrons. The van der Waals surface area contributed by atoms with Crippen molar-refractivity contribution in [1.82, 2.24) is 4.57 Å². The summed E-state index contributed by atoms with van der Waals surface area (Å²) in [4.78, 5) is 8.32. The summed E-state index contributed by atoms with van der Waals surface area (Å²) in [5.41, 5.74) is 8.30. The van der Waals surface area contributed by atoms with Gasteiger partial charge in [0.1, 0.15) is 29.9 Å². The Morgan fingerprint density at radius 1 is 1.30 bits per heavy atom. The van der Waals surface area contributed by atoms with Gasteiger partial charge < -0.3 is 25.3 Å². The van der Waals surface area contributed by atoms with Gasteiger partial charge in [0.2, 0.25) is 0 Å². The third kappa shape index (κ3) is 3.53. The smallest absolute Gasteiger partial charge is 0.141 e. The molecule has 4 N–H and O–H groups in total. The van der Waals surface area contributed by atoms with E-state index in [0.717, 1.165) is 16.8 Å². The lowest BCUT2D eigenvalue weighted by atomic mass is 10.2. The molecule has 0 unspecified atom stereocenters. The van der Waals surface area contributed by atoms with Crippen LogP contribution in [0.5, 0.6) is 5.75 Å². The Balaban J connectivity index is 1.87. The molecule has 1 fully saturated rings. The fourth-order valence-electron chi connectivity index (χ4n) is 3.59. The maximum atomic E-state index is 10.6. The molecule has 0 saturated heterocycles. The summed E-state index contributed by atoms with van der Waals surface area (Å²) in [6, 6.07) is 8.96. The quantitative estimate of drug-likeness (QED) is 0.675. The van der Waals surface area contributed by atoms with E-state index < -0.39 is 18.3 Å². The summed E-state index contributed by atoms with van der Waals surface area (Å²) < 4.78 is 7.84. The second kappa shape index (κ2) is 8.04. The summed E-state index contributed by atoms with van der Waals surface area (Å²) in [6.07, 6.45) is -0.294. The van der Waals surface area contributed by atoms with Crippen LogP contribution >= 0.6 is 0 Å². The molecule has 1 aromatic heterocycles. The number of ether oxygens (including phenoxy) is 1. The molecule has 4 atom stereocenters. The van der Waals surface area contributed by atoms with Crippen LogP contribution in [0.4, 0.5) is 5.82 Å². The van der Waals surface area contributed by atoms with Crippen molar-refractivity contribution in [2.75, 3.05) is 7.05 Å². The van der Waals surface area contributed by atoms with Gasteiger partial charge in [-0.3, -0.25) is 4.99 Å². The number of aromatic nitrogens is 1. The van der Waals surface area contributed by atoms with Crippen LogP contribution in [0, 0.1) is 0 Å². The second-order valence-electron chi connectivity index (χ2n) is 6.68. The van der Waals surface area contributed by atoms with Crippen molar-refractivity contribution >= 4 is 18.2 Å². The maximum Gasteiger partial charge on any atom is 0.141 e. The number of aliphatic hydroxyl groups is 2. The highest BCUT2D eigenvalue weighted by Crippen LogP contribution is 2.38. The molecule has 1 saturated carbocycles. The van der Waals surface area contributed by atoms with E-state index in [1.807, 2.05) is 48.0 Å². The van der Waals surface area contributed by atoms with E-state index in [1.54, 1.807) is 7.05 Å². The third-order valence-electron chi connectivity index (χ3n) is 5.19. The lowest BCUT2D eigenvalue weighted by Gasteiger charge is -2.20. The lowest BCUT2D eigenvalue weighted by molar-refractivity contribution is -0.0167. The first-order chi connectivity index (χ1) is 13.0. The number of hydrogen-bond acceptors (Lipinski definition) is 6. The minimum Gasteiger partial charge on any atom is -0.487 e. The molecule has 3 rings (SSSR count). The Morgan fingerprint density at radius 3 is 2.70 bits per heavy atom. The van der Waals surface area contributed by atoms with Crippen LogP contribution in [0.1, 0.15) is 30.5 Å². The predicted octanol–water partition coefficient (Wildman–Crippen LogP) is 1.83. The zero-order valence-electron chi connectivity index (χ0n) is 15.6. The van der Waals surface area contributed by atoms with Gasteiger partial charge in [0.05, 0.1) is 6.04 Å². The van der Waals surface area contributed by atoms with E-state index in [-0.39, 0.29) is 6.04 Å². The number of rotatable bonds is 6. The molecular weight excluding hydrogens is 344 g/mol. The molecule has 0 radical (unpaired) electrons.